The van der Waals surface area contributed by atoms with Crippen molar-refractivity contribution in [1.29, 1.82) is 0 Å². The van der Waals surface area contributed by atoms with Crippen LogP contribution in [0.4, 0.5) is 0 Å². The Labute approximate surface area is 584 Å². The Morgan fingerprint density at radius 2 is 0.562 bits per heavy atom. The van der Waals surface area contributed by atoms with Gasteiger partial charge >= 0.3 is 39.5 Å². The number of phosphoric acid groups is 2. The summed E-state index contributed by atoms with van der Waals surface area (Å²) < 4.78 is 68.5. The van der Waals surface area contributed by atoms with Crippen LogP contribution in [0.2, 0.25) is 0 Å². The zero-order valence-electron chi connectivity index (χ0n) is 61.1. The quantitative estimate of drug-likeness (QED) is 0.0169. The van der Waals surface area contributed by atoms with Gasteiger partial charge in [0.25, 0.3) is 0 Å². The number of hydrogen-bond donors (Lipinski definition) is 3. The molecule has 0 amide bonds. The van der Waals surface area contributed by atoms with Crippen LogP contribution < -0.4 is 0 Å². The van der Waals surface area contributed by atoms with Crippen molar-refractivity contribution in [3.63, 3.8) is 0 Å². The summed E-state index contributed by atoms with van der Waals surface area (Å²) in [6, 6.07) is 0. The van der Waals surface area contributed by atoms with Crippen LogP contribution in [0.25, 0.3) is 0 Å². The molecule has 0 aliphatic heterocycles. The van der Waals surface area contributed by atoms with Crippen molar-refractivity contribution in [3.8, 4) is 0 Å². The summed E-state index contributed by atoms with van der Waals surface area (Å²) in [6.45, 7) is 4.73. The zero-order valence-corrected chi connectivity index (χ0v) is 62.8. The van der Waals surface area contributed by atoms with Crippen molar-refractivity contribution in [3.05, 3.63) is 60.8 Å². The predicted molar refractivity (Wildman–Crippen MR) is 390 cm³/mol. The van der Waals surface area contributed by atoms with E-state index in [1.807, 2.05) is 0 Å². The number of allylic oxidation sites excluding steroid dienone is 10. The fourth-order valence-corrected chi connectivity index (χ4v) is 12.2. The van der Waals surface area contributed by atoms with Gasteiger partial charge in [0.15, 0.2) is 12.2 Å². The van der Waals surface area contributed by atoms with Crippen LogP contribution in [0, 0.1) is 0 Å². The SMILES string of the molecule is CC/C=C\C/C=C\C/C=C\CCCCCCCC(=O)OCC(COP(=O)(O)OCC(O)COP(=O)(O)OCC(COC(=O)CCCCCCC/C=C\C/C=C\CCC)OC(=O)CCCCCCCCCCCCCCC)OC(=O)CCCCCCCCCCCCCCCCC. The van der Waals surface area contributed by atoms with E-state index in [1.54, 1.807) is 0 Å². The van der Waals surface area contributed by atoms with Gasteiger partial charge in [0, 0.05) is 25.7 Å². The molecule has 17 nitrogen and oxygen atoms in total. The fraction of sp³-hybridized carbons (Fsp3) is 0.818. The lowest BCUT2D eigenvalue weighted by molar-refractivity contribution is -0.161. The van der Waals surface area contributed by atoms with Crippen LogP contribution in [-0.4, -0.2) is 96.7 Å². The Kier molecular flexibility index (Phi) is 67.8. The van der Waals surface area contributed by atoms with E-state index in [2.05, 4.69) is 88.5 Å². The lowest BCUT2D eigenvalue weighted by Gasteiger charge is -2.21. The number of hydrogen-bond acceptors (Lipinski definition) is 15. The van der Waals surface area contributed by atoms with Crippen molar-refractivity contribution < 1.29 is 80.2 Å². The van der Waals surface area contributed by atoms with E-state index in [0.29, 0.717) is 25.7 Å². The lowest BCUT2D eigenvalue weighted by Crippen LogP contribution is -2.30. The van der Waals surface area contributed by atoms with Crippen molar-refractivity contribution in [2.45, 2.75) is 367 Å². The van der Waals surface area contributed by atoms with Crippen LogP contribution in [0.15, 0.2) is 60.8 Å². The first-order chi connectivity index (χ1) is 46.7. The topological polar surface area (TPSA) is 237 Å². The van der Waals surface area contributed by atoms with Gasteiger partial charge in [-0.05, 0) is 83.5 Å². The predicted octanol–water partition coefficient (Wildman–Crippen LogP) is 21.9. The van der Waals surface area contributed by atoms with Gasteiger partial charge in [0.1, 0.15) is 19.3 Å². The Hall–Kier alpha value is -3.24. The van der Waals surface area contributed by atoms with Crippen LogP contribution in [0.3, 0.4) is 0 Å². The van der Waals surface area contributed by atoms with E-state index in [1.165, 1.54) is 116 Å². The number of aliphatic hydroxyl groups is 1. The van der Waals surface area contributed by atoms with Crippen LogP contribution in [0.5, 0.6) is 0 Å². The fourth-order valence-electron chi connectivity index (χ4n) is 10.6. The summed E-state index contributed by atoms with van der Waals surface area (Å²) in [5.41, 5.74) is 0. The molecule has 0 bridgehead atoms. The molecule has 0 aliphatic rings. The number of carbonyl (C=O) groups excluding carboxylic acids is 4. The van der Waals surface area contributed by atoms with E-state index in [9.17, 15) is 43.2 Å². The first-order valence-electron chi connectivity index (χ1n) is 38.5. The molecular formula is C77H140O17P2. The van der Waals surface area contributed by atoms with Gasteiger partial charge in [-0.25, -0.2) is 9.13 Å². The van der Waals surface area contributed by atoms with Gasteiger partial charge in [-0.2, -0.15) is 0 Å². The molecule has 0 saturated heterocycles. The molecule has 0 spiro atoms. The Bertz CT molecular complexity index is 2060. The lowest BCUT2D eigenvalue weighted by atomic mass is 10.0. The van der Waals surface area contributed by atoms with Gasteiger partial charge in [0.05, 0.1) is 26.4 Å². The number of aliphatic hydroxyl groups excluding tert-OH is 1. The second-order valence-corrected chi connectivity index (χ2v) is 28.8. The third-order valence-corrected chi connectivity index (χ3v) is 18.4. The Morgan fingerprint density at radius 3 is 0.875 bits per heavy atom. The maximum Gasteiger partial charge on any atom is 0.472 e. The van der Waals surface area contributed by atoms with Gasteiger partial charge in [-0.15, -0.1) is 0 Å². The molecule has 5 atom stereocenters. The third-order valence-electron chi connectivity index (χ3n) is 16.5. The molecular weight excluding hydrogens is 1260 g/mol. The monoisotopic (exact) mass is 1400 g/mol. The molecule has 0 aliphatic carbocycles. The summed E-state index contributed by atoms with van der Waals surface area (Å²) in [7, 11) is -9.94. The largest absolute Gasteiger partial charge is 0.472 e. The maximum absolute atomic E-state index is 13.1. The molecule has 5 unspecified atom stereocenters. The van der Waals surface area contributed by atoms with E-state index in [-0.39, 0.29) is 25.7 Å². The molecule has 19 heteroatoms. The first-order valence-corrected chi connectivity index (χ1v) is 41.5. The van der Waals surface area contributed by atoms with Gasteiger partial charge in [0.2, 0.25) is 0 Å². The molecule has 0 aromatic rings. The van der Waals surface area contributed by atoms with E-state index < -0.39 is 97.5 Å². The average molecular weight is 1400 g/mol. The highest BCUT2D eigenvalue weighted by molar-refractivity contribution is 7.47. The van der Waals surface area contributed by atoms with Crippen LogP contribution >= 0.6 is 15.6 Å². The molecule has 0 heterocycles. The van der Waals surface area contributed by atoms with Gasteiger partial charge in [-0.1, -0.05) is 300 Å². The summed E-state index contributed by atoms with van der Waals surface area (Å²) >= 11 is 0. The molecule has 3 N–H and O–H groups in total. The minimum absolute atomic E-state index is 0.0975. The molecule has 0 saturated carbocycles. The molecule has 0 rings (SSSR count). The normalized spacial score (nSPS) is 14.3. The molecule has 96 heavy (non-hydrogen) atoms. The second kappa shape index (κ2) is 70.2. The molecule has 0 radical (unpaired) electrons. The molecule has 0 fully saturated rings. The third kappa shape index (κ3) is 69.2. The summed E-state index contributed by atoms with van der Waals surface area (Å²) in [5.74, 6) is -2.18. The highest BCUT2D eigenvalue weighted by Crippen LogP contribution is 2.45. The number of rotatable bonds is 73. The highest BCUT2D eigenvalue weighted by Gasteiger charge is 2.30. The van der Waals surface area contributed by atoms with Crippen molar-refractivity contribution in [2.75, 3.05) is 39.6 Å². The number of phosphoric ester groups is 2. The number of unbranched alkanes of at least 4 members (excludes halogenated alkanes) is 37. The number of carbonyl (C=O) groups is 4. The van der Waals surface area contributed by atoms with E-state index >= 15 is 0 Å². The number of esters is 4. The van der Waals surface area contributed by atoms with E-state index in [4.69, 9.17) is 37.0 Å². The number of ether oxygens (including phenoxy) is 4. The van der Waals surface area contributed by atoms with Crippen molar-refractivity contribution in [2.24, 2.45) is 0 Å². The highest BCUT2D eigenvalue weighted by atomic mass is 31.2. The minimum Gasteiger partial charge on any atom is -0.462 e. The molecule has 0 aromatic carbocycles. The smallest absolute Gasteiger partial charge is 0.462 e. The van der Waals surface area contributed by atoms with Gasteiger partial charge < -0.3 is 33.8 Å². The maximum atomic E-state index is 13.1. The van der Waals surface area contributed by atoms with Crippen LogP contribution in [-0.2, 0) is 65.4 Å². The van der Waals surface area contributed by atoms with Crippen molar-refractivity contribution >= 4 is 39.5 Å². The average Bonchev–Trinajstić information content (AvgIpc) is 1.36. The van der Waals surface area contributed by atoms with Crippen molar-refractivity contribution in [1.82, 2.24) is 0 Å². The van der Waals surface area contributed by atoms with Crippen LogP contribution in [0.1, 0.15) is 349 Å². The Balaban J connectivity index is 5.32. The minimum atomic E-state index is -4.97. The molecule has 0 aromatic heterocycles. The van der Waals surface area contributed by atoms with Gasteiger partial charge in [-0.3, -0.25) is 37.3 Å². The zero-order chi connectivity index (χ0) is 70.4. The summed E-state index contributed by atoms with van der Waals surface area (Å²) in [6.07, 6.45) is 67.8. The standard InChI is InChI=1S/C77H140O17P2/c1-5-9-13-17-21-25-29-33-35-39-42-46-50-54-58-62-75(80)88-68-73(94-77(82)64-60-56-52-48-44-40-36-34-30-26-22-18-14-10-6-2)70-92-96(85,86)90-66-71(78)65-89-95(83,84)91-69-72(93-76(81)63-59-55-51-47-43-38-32-28-24-20-16-12-8-4)67-87-74(79)61-57-53-49-45-41-37-31-27-23-19-15-11-7-3/h9,13,15,19,21,25,27,31,33,35,71-73,78H,5-8,10-12,14,16-18,20,22-24,26,28-30,32,34,36-70H2,1-4H3,(H,83,84)(H,85,86)/b13-9-,19-15-,25-21-,31-27-,35-33-. The molecule has 560 valence electrons. The first kappa shape index (κ1) is 92.8. The van der Waals surface area contributed by atoms with E-state index in [0.717, 1.165) is 154 Å². The summed E-state index contributed by atoms with van der Waals surface area (Å²) in [4.78, 5) is 72.8. The Morgan fingerprint density at radius 1 is 0.302 bits per heavy atom. The second-order valence-electron chi connectivity index (χ2n) is 25.9. The summed E-state index contributed by atoms with van der Waals surface area (Å²) in [5, 5.41) is 10.6.